The maximum atomic E-state index is 2.44. The van der Waals surface area contributed by atoms with Crippen molar-refractivity contribution in [2.75, 3.05) is 0 Å². The van der Waals surface area contributed by atoms with E-state index in [0.29, 0.717) is 14.5 Å². The zero-order chi connectivity index (χ0) is 25.4. The van der Waals surface area contributed by atoms with Crippen LogP contribution in [0.2, 0.25) is 0 Å². The maximum absolute atomic E-state index is 2.44. The first-order valence-corrected chi connectivity index (χ1v) is 14.7. The molecule has 0 N–H and O–H groups in total. The Hall–Kier alpha value is -4.17. The van der Waals surface area contributed by atoms with E-state index in [0.717, 1.165) is 0 Å². The van der Waals surface area contributed by atoms with Crippen LogP contribution in [0.3, 0.4) is 0 Å². The van der Waals surface area contributed by atoms with Gasteiger partial charge in [-0.25, -0.2) is 0 Å². The molecule has 0 aliphatic rings. The van der Waals surface area contributed by atoms with Gasteiger partial charge in [0.25, 0.3) is 0 Å². The predicted octanol–water partition coefficient (Wildman–Crippen LogP) is 8.10. The molecule has 0 fully saturated rings. The molecule has 3 heterocycles. The van der Waals surface area contributed by atoms with E-state index in [1.54, 1.807) is 0 Å². The average molecular weight is 553 g/mol. The van der Waals surface area contributed by atoms with Gasteiger partial charge in [0.2, 0.25) is 0 Å². The van der Waals surface area contributed by atoms with Crippen molar-refractivity contribution in [2.45, 2.75) is 6.92 Å². The molecule has 3 heteroatoms. The molecule has 2 nitrogen and oxygen atoms in total. The summed E-state index contributed by atoms with van der Waals surface area (Å²) in [6.45, 7) is 2.29. The zero-order valence-electron chi connectivity index (χ0n) is 21.3. The van der Waals surface area contributed by atoms with E-state index in [9.17, 15) is 0 Å². The van der Waals surface area contributed by atoms with Crippen LogP contribution in [-0.4, -0.2) is 19.1 Å². The van der Waals surface area contributed by atoms with Gasteiger partial charge in [-0.05, 0) is 0 Å². The molecule has 0 spiro atoms. The topological polar surface area (TPSA) is 8.81 Å². The van der Waals surface area contributed by atoms with Crippen LogP contribution in [0.4, 0.5) is 0 Å². The van der Waals surface area contributed by atoms with Gasteiger partial charge in [-0.3, -0.25) is 0 Å². The third-order valence-corrected chi connectivity index (χ3v) is 10.7. The van der Waals surface area contributed by atoms with Crippen LogP contribution in [0, 0.1) is 6.92 Å². The molecule has 0 aliphatic heterocycles. The molecule has 3 aromatic heterocycles. The third kappa shape index (κ3) is 2.98. The van der Waals surface area contributed by atoms with Crippen molar-refractivity contribution in [3.8, 4) is 15.8 Å². The molecule has 8 aromatic rings. The van der Waals surface area contributed by atoms with Gasteiger partial charge in [0, 0.05) is 0 Å². The SMILES string of the molecule is Cc1c(-c2c3ccc4c(-n5c6ccccc6c6ccccc65)cccc4c3cc[n+]2C)[se]c2ccccc12. The minimum absolute atomic E-state index is 0.298. The summed E-state index contributed by atoms with van der Waals surface area (Å²) in [7, 11) is 2.19. The van der Waals surface area contributed by atoms with Crippen LogP contribution in [-0.2, 0) is 7.05 Å². The Morgan fingerprint density at radius 3 is 1.89 bits per heavy atom. The fraction of sp³-hybridized carbons (Fsp3) is 0.0571. The monoisotopic (exact) mass is 553 g/mol. The van der Waals surface area contributed by atoms with Gasteiger partial charge in [0.15, 0.2) is 0 Å². The van der Waals surface area contributed by atoms with Gasteiger partial charge in [0.05, 0.1) is 0 Å². The summed E-state index contributed by atoms with van der Waals surface area (Å²) in [5.74, 6) is 0. The molecule has 0 atom stereocenters. The summed E-state index contributed by atoms with van der Waals surface area (Å²) < 4.78 is 7.73. The van der Waals surface area contributed by atoms with Crippen LogP contribution in [0.25, 0.3) is 68.8 Å². The number of fused-ring (bicyclic) bond motifs is 7. The van der Waals surface area contributed by atoms with Gasteiger partial charge in [-0.1, -0.05) is 0 Å². The Bertz CT molecular complexity index is 2160. The number of rotatable bonds is 2. The molecule has 0 saturated carbocycles. The molecule has 0 bridgehead atoms. The fourth-order valence-electron chi connectivity index (χ4n) is 6.26. The summed E-state index contributed by atoms with van der Waals surface area (Å²) in [5, 5.41) is 9.20. The quantitative estimate of drug-likeness (QED) is 0.116. The van der Waals surface area contributed by atoms with E-state index in [1.165, 1.54) is 74.4 Å². The van der Waals surface area contributed by atoms with Gasteiger partial charge in [0.1, 0.15) is 0 Å². The third-order valence-electron chi connectivity index (χ3n) is 8.03. The second kappa shape index (κ2) is 8.16. The minimum atomic E-state index is 0.298. The molecule has 0 amide bonds. The van der Waals surface area contributed by atoms with Crippen LogP contribution < -0.4 is 4.57 Å². The Balaban J connectivity index is 1.45. The van der Waals surface area contributed by atoms with Crippen molar-refractivity contribution in [1.29, 1.82) is 0 Å². The number of benzene rings is 5. The molecular formula is C35H25N2Se+. The second-order valence-electron chi connectivity index (χ2n) is 10.1. The van der Waals surface area contributed by atoms with Crippen molar-refractivity contribution in [3.63, 3.8) is 0 Å². The number of pyridine rings is 1. The van der Waals surface area contributed by atoms with E-state index >= 15 is 0 Å². The van der Waals surface area contributed by atoms with Gasteiger partial charge < -0.3 is 0 Å². The van der Waals surface area contributed by atoms with Crippen molar-refractivity contribution >= 4 is 67.5 Å². The Kier molecular flexibility index (Phi) is 4.70. The van der Waals surface area contributed by atoms with Crippen molar-refractivity contribution in [2.24, 2.45) is 7.05 Å². The Labute approximate surface area is 226 Å². The normalized spacial score (nSPS) is 11.9. The molecule has 5 aromatic carbocycles. The van der Waals surface area contributed by atoms with Gasteiger partial charge in [-0.2, -0.15) is 0 Å². The second-order valence-corrected chi connectivity index (χ2v) is 12.3. The molecule has 180 valence electrons. The Morgan fingerprint density at radius 1 is 0.553 bits per heavy atom. The first-order valence-electron chi connectivity index (χ1n) is 13.0. The number of nitrogens with zero attached hydrogens (tertiary/aromatic N) is 2. The number of para-hydroxylation sites is 2. The summed E-state index contributed by atoms with van der Waals surface area (Å²) in [5.41, 5.74) is 6.48. The van der Waals surface area contributed by atoms with Crippen LogP contribution in [0.1, 0.15) is 5.56 Å². The molecule has 38 heavy (non-hydrogen) atoms. The summed E-state index contributed by atoms with van der Waals surface area (Å²) in [6, 6.07) is 40.2. The fourth-order valence-corrected chi connectivity index (χ4v) is 9.01. The van der Waals surface area contributed by atoms with Crippen LogP contribution >= 0.6 is 0 Å². The van der Waals surface area contributed by atoms with Crippen LogP contribution in [0.5, 0.6) is 0 Å². The van der Waals surface area contributed by atoms with E-state index in [1.807, 2.05) is 0 Å². The zero-order valence-corrected chi connectivity index (χ0v) is 23.0. The molecule has 8 rings (SSSR count). The van der Waals surface area contributed by atoms with E-state index in [2.05, 4.69) is 138 Å². The molecule has 0 radical (unpaired) electrons. The average Bonchev–Trinajstić information content (AvgIpc) is 3.47. The first kappa shape index (κ1) is 21.9. The number of aryl methyl sites for hydroxylation is 2. The van der Waals surface area contributed by atoms with Crippen molar-refractivity contribution in [3.05, 3.63) is 121 Å². The standard InChI is InChI=1S/C35H25N2Se/c1-22-23-10-5-8-17-33(23)38-35(22)34-29-19-18-28-24(25(29)20-21-36(34)2)13-9-16-32(28)37-30-14-6-3-11-26(30)27-12-4-7-15-31(27)37/h3-21H,1-2H3/q+1. The summed E-state index contributed by atoms with van der Waals surface area (Å²) in [6.07, 6.45) is 2.24. The van der Waals surface area contributed by atoms with Crippen LogP contribution in [0.15, 0.2) is 115 Å². The number of aromatic nitrogens is 2. The molecule has 0 saturated heterocycles. The first-order chi connectivity index (χ1) is 18.7. The van der Waals surface area contributed by atoms with Gasteiger partial charge in [-0.15, -0.1) is 0 Å². The molecular weight excluding hydrogens is 527 g/mol. The summed E-state index contributed by atoms with van der Waals surface area (Å²) in [4.78, 5) is 0. The van der Waals surface area contributed by atoms with E-state index in [4.69, 9.17) is 0 Å². The Morgan fingerprint density at radius 2 is 1.16 bits per heavy atom. The van der Waals surface area contributed by atoms with Crippen molar-refractivity contribution < 1.29 is 4.57 Å². The summed E-state index contributed by atoms with van der Waals surface area (Å²) >= 11 is 0.298. The van der Waals surface area contributed by atoms with Crippen molar-refractivity contribution in [1.82, 2.24) is 4.57 Å². The van der Waals surface area contributed by atoms with Gasteiger partial charge >= 0.3 is 227 Å². The number of hydrogen-bond acceptors (Lipinski definition) is 0. The predicted molar refractivity (Wildman–Crippen MR) is 162 cm³/mol. The molecule has 0 aliphatic carbocycles. The van der Waals surface area contributed by atoms with E-state index < -0.39 is 0 Å². The molecule has 0 unspecified atom stereocenters. The number of hydrogen-bond donors (Lipinski definition) is 0. The van der Waals surface area contributed by atoms with E-state index in [-0.39, 0.29) is 0 Å².